The molecule has 0 radical (unpaired) electrons. The summed E-state index contributed by atoms with van der Waals surface area (Å²) in [6.07, 6.45) is 4.83. The van der Waals surface area contributed by atoms with Crippen LogP contribution in [0.1, 0.15) is 38.2 Å². The Kier molecular flexibility index (Phi) is 6.49. The number of hydrogen-bond donors (Lipinski definition) is 2. The van der Waals surface area contributed by atoms with Crippen LogP contribution in [0.5, 0.6) is 0 Å². The second-order valence-corrected chi connectivity index (χ2v) is 8.75. The van der Waals surface area contributed by atoms with Crippen LogP contribution >= 0.6 is 0 Å². The van der Waals surface area contributed by atoms with E-state index in [1.807, 2.05) is 24.3 Å². The zero-order valence-electron chi connectivity index (χ0n) is 19.0. The fourth-order valence-corrected chi connectivity index (χ4v) is 4.38. The topological polar surface area (TPSA) is 125 Å². The summed E-state index contributed by atoms with van der Waals surface area (Å²) in [6.45, 7) is 3.10. The van der Waals surface area contributed by atoms with Gasteiger partial charge in [-0.05, 0) is 61.7 Å². The largest absolute Gasteiger partial charge is 0.372 e. The average Bonchev–Trinajstić information content (AvgIpc) is 3.02. The van der Waals surface area contributed by atoms with E-state index in [9.17, 15) is 24.5 Å². The number of imide groups is 1. The molecular formula is C24H27N5O5. The molecule has 2 aromatic carbocycles. The minimum atomic E-state index is -1.42. The molecule has 178 valence electrons. The van der Waals surface area contributed by atoms with Gasteiger partial charge in [-0.3, -0.25) is 24.6 Å². The standard InChI is InChI=1S/C24H27N5O5/c1-24(17-6-10-20(11-7-17)29(33)34)22(31)28(23(32)26-24)16-21(30)25-18-8-12-19(13-9-18)27-14-4-2-3-5-15-27/h6-13H,2-5,14-16H2,1H3,(H,25,30)(H,26,32). The van der Waals surface area contributed by atoms with Gasteiger partial charge in [-0.2, -0.15) is 0 Å². The Balaban J connectivity index is 1.39. The molecule has 2 saturated heterocycles. The molecule has 0 spiro atoms. The summed E-state index contributed by atoms with van der Waals surface area (Å²) < 4.78 is 0. The minimum Gasteiger partial charge on any atom is -0.372 e. The van der Waals surface area contributed by atoms with Crippen molar-refractivity contribution in [1.29, 1.82) is 0 Å². The third kappa shape index (κ3) is 4.70. The number of nitrogens with one attached hydrogen (secondary N) is 2. The van der Waals surface area contributed by atoms with Crippen LogP contribution in [-0.2, 0) is 15.1 Å². The third-order valence-electron chi connectivity index (χ3n) is 6.35. The first-order chi connectivity index (χ1) is 16.3. The van der Waals surface area contributed by atoms with E-state index in [0.29, 0.717) is 11.3 Å². The number of carbonyl (C=O) groups is 3. The molecule has 10 heteroatoms. The molecular weight excluding hydrogens is 438 g/mol. The highest BCUT2D eigenvalue weighted by atomic mass is 16.6. The Morgan fingerprint density at radius 3 is 2.24 bits per heavy atom. The van der Waals surface area contributed by atoms with E-state index in [4.69, 9.17) is 0 Å². The van der Waals surface area contributed by atoms with Crippen molar-refractivity contribution in [1.82, 2.24) is 10.2 Å². The van der Waals surface area contributed by atoms with Crippen LogP contribution < -0.4 is 15.5 Å². The molecule has 34 heavy (non-hydrogen) atoms. The minimum absolute atomic E-state index is 0.123. The van der Waals surface area contributed by atoms with E-state index in [1.165, 1.54) is 56.9 Å². The molecule has 0 saturated carbocycles. The fraction of sp³-hybridized carbons (Fsp3) is 0.375. The highest BCUT2D eigenvalue weighted by molar-refractivity contribution is 6.10. The molecule has 0 bridgehead atoms. The lowest BCUT2D eigenvalue weighted by molar-refractivity contribution is -0.384. The second-order valence-electron chi connectivity index (χ2n) is 8.75. The highest BCUT2D eigenvalue weighted by Crippen LogP contribution is 2.30. The normalized spacial score (nSPS) is 20.6. The Bertz CT molecular complexity index is 1090. The van der Waals surface area contributed by atoms with Gasteiger partial charge in [0.1, 0.15) is 12.1 Å². The number of anilines is 2. The summed E-state index contributed by atoms with van der Waals surface area (Å²) in [5.74, 6) is -1.10. The predicted octanol–water partition coefficient (Wildman–Crippen LogP) is 3.38. The molecule has 2 aliphatic heterocycles. The zero-order chi connectivity index (χ0) is 24.3. The molecule has 0 aromatic heterocycles. The first kappa shape index (κ1) is 23.2. The van der Waals surface area contributed by atoms with Crippen molar-refractivity contribution < 1.29 is 19.3 Å². The van der Waals surface area contributed by atoms with Crippen molar-refractivity contribution in [2.45, 2.75) is 38.1 Å². The van der Waals surface area contributed by atoms with Crippen molar-refractivity contribution in [2.24, 2.45) is 0 Å². The van der Waals surface area contributed by atoms with Crippen LogP contribution in [-0.4, -0.2) is 47.3 Å². The number of non-ortho nitro benzene ring substituents is 1. The van der Waals surface area contributed by atoms with E-state index >= 15 is 0 Å². The maximum atomic E-state index is 13.0. The van der Waals surface area contributed by atoms with Crippen LogP contribution in [0.4, 0.5) is 21.9 Å². The van der Waals surface area contributed by atoms with Gasteiger partial charge >= 0.3 is 6.03 Å². The SMILES string of the molecule is CC1(c2ccc([N+](=O)[O-])cc2)NC(=O)N(CC(=O)Nc2ccc(N3CCCCCC3)cc2)C1=O. The van der Waals surface area contributed by atoms with Crippen LogP contribution in [0.3, 0.4) is 0 Å². The van der Waals surface area contributed by atoms with Crippen molar-refractivity contribution in [2.75, 3.05) is 29.9 Å². The molecule has 2 heterocycles. The van der Waals surface area contributed by atoms with Gasteiger partial charge in [-0.1, -0.05) is 12.8 Å². The molecule has 10 nitrogen and oxygen atoms in total. The van der Waals surface area contributed by atoms with Crippen molar-refractivity contribution in [3.05, 3.63) is 64.2 Å². The lowest BCUT2D eigenvalue weighted by Gasteiger charge is -2.23. The number of carbonyl (C=O) groups excluding carboxylic acids is 3. The average molecular weight is 466 g/mol. The highest BCUT2D eigenvalue weighted by Gasteiger charge is 2.49. The maximum Gasteiger partial charge on any atom is 0.325 e. The summed E-state index contributed by atoms with van der Waals surface area (Å²) in [7, 11) is 0. The molecule has 1 atom stereocenters. The Morgan fingerprint density at radius 2 is 1.65 bits per heavy atom. The fourth-order valence-electron chi connectivity index (χ4n) is 4.38. The van der Waals surface area contributed by atoms with Crippen LogP contribution in [0.15, 0.2) is 48.5 Å². The van der Waals surface area contributed by atoms with Crippen molar-refractivity contribution >= 4 is 34.9 Å². The number of urea groups is 1. The Morgan fingerprint density at radius 1 is 1.03 bits per heavy atom. The van der Waals surface area contributed by atoms with Crippen LogP contribution in [0, 0.1) is 10.1 Å². The smallest absolute Gasteiger partial charge is 0.325 e. The predicted molar refractivity (Wildman–Crippen MR) is 126 cm³/mol. The number of nitro groups is 1. The van der Waals surface area contributed by atoms with Crippen LogP contribution in [0.25, 0.3) is 0 Å². The Labute approximate surface area is 197 Å². The molecule has 2 fully saturated rings. The van der Waals surface area contributed by atoms with E-state index in [1.54, 1.807) is 0 Å². The lowest BCUT2D eigenvalue weighted by atomic mass is 9.92. The molecule has 2 N–H and O–H groups in total. The van der Waals surface area contributed by atoms with Crippen LogP contribution in [0.2, 0.25) is 0 Å². The second kappa shape index (κ2) is 9.50. The van der Waals surface area contributed by atoms with Gasteiger partial charge in [-0.25, -0.2) is 4.79 Å². The summed E-state index contributed by atoms with van der Waals surface area (Å²) in [4.78, 5) is 51.6. The van der Waals surface area contributed by atoms with Gasteiger partial charge in [0.25, 0.3) is 11.6 Å². The first-order valence-electron chi connectivity index (χ1n) is 11.3. The maximum absolute atomic E-state index is 13.0. The monoisotopic (exact) mass is 465 g/mol. The van der Waals surface area contributed by atoms with Gasteiger partial charge in [-0.15, -0.1) is 0 Å². The number of rotatable bonds is 6. The van der Waals surface area contributed by atoms with Gasteiger partial charge in [0, 0.05) is 36.6 Å². The number of hydrogen-bond acceptors (Lipinski definition) is 6. The van der Waals surface area contributed by atoms with Gasteiger partial charge in [0.05, 0.1) is 4.92 Å². The number of nitrogens with zero attached hydrogens (tertiary/aromatic N) is 3. The zero-order valence-corrected chi connectivity index (χ0v) is 19.0. The number of benzene rings is 2. The first-order valence-corrected chi connectivity index (χ1v) is 11.3. The van der Waals surface area contributed by atoms with E-state index in [-0.39, 0.29) is 5.69 Å². The quantitative estimate of drug-likeness (QED) is 0.383. The summed E-state index contributed by atoms with van der Waals surface area (Å²) >= 11 is 0. The van der Waals surface area contributed by atoms with E-state index in [2.05, 4.69) is 15.5 Å². The van der Waals surface area contributed by atoms with Gasteiger partial charge < -0.3 is 15.5 Å². The molecule has 0 aliphatic carbocycles. The van der Waals surface area contributed by atoms with E-state index in [0.717, 1.165) is 23.7 Å². The Hall–Kier alpha value is -3.95. The van der Waals surface area contributed by atoms with Gasteiger partial charge in [0.15, 0.2) is 0 Å². The van der Waals surface area contributed by atoms with Crippen molar-refractivity contribution in [3.8, 4) is 0 Å². The molecule has 4 amide bonds. The third-order valence-corrected chi connectivity index (χ3v) is 6.35. The molecule has 4 rings (SSSR count). The lowest BCUT2D eigenvalue weighted by Crippen LogP contribution is -2.42. The number of nitro benzene ring substituents is 1. The van der Waals surface area contributed by atoms with Crippen molar-refractivity contribution in [3.63, 3.8) is 0 Å². The molecule has 2 aromatic rings. The molecule has 1 unspecified atom stereocenters. The summed E-state index contributed by atoms with van der Waals surface area (Å²) in [5.41, 5.74) is 0.536. The van der Waals surface area contributed by atoms with Gasteiger partial charge in [0.2, 0.25) is 5.91 Å². The summed E-state index contributed by atoms with van der Waals surface area (Å²) in [5, 5.41) is 16.2. The molecule has 2 aliphatic rings. The van der Waals surface area contributed by atoms with E-state index < -0.39 is 34.9 Å². The number of amides is 4. The summed E-state index contributed by atoms with van der Waals surface area (Å²) in [6, 6.07) is 12.2.